The Balaban J connectivity index is 1.24. The molecule has 35 heavy (non-hydrogen) atoms. The highest BCUT2D eigenvalue weighted by Crippen LogP contribution is 2.49. The van der Waals surface area contributed by atoms with Gasteiger partial charge in [0.05, 0.1) is 5.41 Å². The molecule has 0 spiro atoms. The Bertz CT molecular complexity index is 1100. The fourth-order valence-corrected chi connectivity index (χ4v) is 6.36. The zero-order valence-electron chi connectivity index (χ0n) is 20.0. The molecule has 3 atom stereocenters. The fourth-order valence-electron chi connectivity index (χ4n) is 6.36. The number of alkyl carbamates (subject to hydrolysis) is 1. The monoisotopic (exact) mass is 476 g/mol. The first-order valence-corrected chi connectivity index (χ1v) is 12.6. The summed E-state index contributed by atoms with van der Waals surface area (Å²) < 4.78 is 5.65. The molecular weight excluding hydrogens is 444 g/mol. The topological polar surface area (TPSA) is 95.9 Å². The molecular formula is C28H32N2O5. The number of amides is 2. The minimum atomic E-state index is -0.837. The van der Waals surface area contributed by atoms with Gasteiger partial charge in [-0.05, 0) is 47.4 Å². The second-order valence-electron chi connectivity index (χ2n) is 10.1. The number of hydrogen-bond donors (Lipinski definition) is 2. The number of rotatable bonds is 7. The highest BCUT2D eigenvalue weighted by molar-refractivity contribution is 5.87. The van der Waals surface area contributed by atoms with E-state index in [9.17, 15) is 19.5 Å². The van der Waals surface area contributed by atoms with Crippen LogP contribution in [0.4, 0.5) is 4.79 Å². The van der Waals surface area contributed by atoms with Crippen molar-refractivity contribution in [3.05, 3.63) is 59.7 Å². The number of ether oxygens (including phenoxy) is 1. The number of carbonyl (C=O) groups excluding carboxylic acids is 2. The molecule has 0 radical (unpaired) electrons. The second kappa shape index (κ2) is 9.36. The summed E-state index contributed by atoms with van der Waals surface area (Å²) in [5.41, 5.74) is 3.73. The minimum Gasteiger partial charge on any atom is -0.481 e. The van der Waals surface area contributed by atoms with Crippen LogP contribution in [-0.4, -0.2) is 53.7 Å². The number of hydrogen-bond acceptors (Lipinski definition) is 4. The van der Waals surface area contributed by atoms with E-state index in [1.807, 2.05) is 31.2 Å². The van der Waals surface area contributed by atoms with E-state index in [-0.39, 0.29) is 30.9 Å². The average molecular weight is 477 g/mol. The fraction of sp³-hybridized carbons (Fsp3) is 0.464. The zero-order chi connectivity index (χ0) is 24.6. The van der Waals surface area contributed by atoms with Gasteiger partial charge in [-0.1, -0.05) is 68.3 Å². The predicted octanol–water partition coefficient (Wildman–Crippen LogP) is 4.41. The third-order valence-electron chi connectivity index (χ3n) is 8.12. The van der Waals surface area contributed by atoms with Crippen LogP contribution < -0.4 is 5.32 Å². The lowest BCUT2D eigenvalue weighted by Gasteiger charge is -2.26. The van der Waals surface area contributed by atoms with Crippen molar-refractivity contribution in [2.24, 2.45) is 11.3 Å². The quantitative estimate of drug-likeness (QED) is 0.617. The van der Waals surface area contributed by atoms with Gasteiger partial charge < -0.3 is 20.1 Å². The molecule has 2 amide bonds. The summed E-state index contributed by atoms with van der Waals surface area (Å²) in [7, 11) is 0. The molecule has 2 aliphatic carbocycles. The van der Waals surface area contributed by atoms with Crippen molar-refractivity contribution in [2.45, 2.75) is 51.0 Å². The lowest BCUT2D eigenvalue weighted by Crippen LogP contribution is -2.49. The number of likely N-dealkylation sites (tertiary alicyclic amines) is 1. The molecule has 1 saturated carbocycles. The molecule has 184 valence electrons. The van der Waals surface area contributed by atoms with E-state index in [1.54, 1.807) is 4.90 Å². The average Bonchev–Trinajstić information content (AvgIpc) is 3.52. The second-order valence-corrected chi connectivity index (χ2v) is 10.1. The van der Waals surface area contributed by atoms with E-state index in [0.29, 0.717) is 25.8 Å². The van der Waals surface area contributed by atoms with Crippen LogP contribution in [0.3, 0.4) is 0 Å². The van der Waals surface area contributed by atoms with Crippen LogP contribution in [-0.2, 0) is 14.3 Å². The van der Waals surface area contributed by atoms with E-state index in [2.05, 4.69) is 29.6 Å². The molecule has 3 unspecified atom stereocenters. The van der Waals surface area contributed by atoms with Crippen molar-refractivity contribution < 1.29 is 24.2 Å². The van der Waals surface area contributed by atoms with Gasteiger partial charge in [0.1, 0.15) is 12.6 Å². The summed E-state index contributed by atoms with van der Waals surface area (Å²) in [6.45, 7) is 2.80. The number of carboxylic acid groups (broad SMARTS) is 1. The van der Waals surface area contributed by atoms with Crippen LogP contribution in [0.15, 0.2) is 48.5 Å². The molecule has 0 aromatic heterocycles. The molecule has 1 aliphatic heterocycles. The molecule has 0 bridgehead atoms. The van der Waals surface area contributed by atoms with Crippen molar-refractivity contribution in [3.63, 3.8) is 0 Å². The summed E-state index contributed by atoms with van der Waals surface area (Å²) in [5.74, 6) is -1.09. The van der Waals surface area contributed by atoms with Crippen molar-refractivity contribution in [1.82, 2.24) is 10.2 Å². The van der Waals surface area contributed by atoms with E-state index >= 15 is 0 Å². The minimum absolute atomic E-state index is 0.0133. The van der Waals surface area contributed by atoms with Gasteiger partial charge in [0.2, 0.25) is 5.91 Å². The Labute approximate surface area is 205 Å². The van der Waals surface area contributed by atoms with Gasteiger partial charge in [-0.3, -0.25) is 9.59 Å². The van der Waals surface area contributed by atoms with Gasteiger partial charge in [0.25, 0.3) is 0 Å². The van der Waals surface area contributed by atoms with Gasteiger partial charge in [-0.15, -0.1) is 0 Å². The molecule has 1 heterocycles. The number of nitrogens with one attached hydrogen (secondary N) is 1. The van der Waals surface area contributed by atoms with Crippen LogP contribution in [0.2, 0.25) is 0 Å². The highest BCUT2D eigenvalue weighted by Gasteiger charge is 2.56. The SMILES string of the molecule is CCCC(NC(=O)OCC1c2ccccc2-c2ccccc21)C(=O)N1CC2CCCC2(C(=O)O)C1. The van der Waals surface area contributed by atoms with E-state index in [1.165, 1.54) is 0 Å². The molecule has 2 fully saturated rings. The summed E-state index contributed by atoms with van der Waals surface area (Å²) in [6, 6.07) is 15.6. The molecule has 2 N–H and O–H groups in total. The summed E-state index contributed by atoms with van der Waals surface area (Å²) in [6.07, 6.45) is 2.88. The third-order valence-corrected chi connectivity index (χ3v) is 8.12. The standard InChI is InChI=1S/C28H32N2O5/c1-2-8-24(25(31)30-15-18-9-7-14-28(18,17-30)26(32)33)29-27(34)35-16-23-21-12-5-3-10-19(21)20-11-4-6-13-22(20)23/h3-6,10-13,18,23-24H,2,7-9,14-17H2,1H3,(H,29,34)(H,32,33). The Morgan fingerprint density at radius 3 is 2.37 bits per heavy atom. The highest BCUT2D eigenvalue weighted by atomic mass is 16.5. The molecule has 5 rings (SSSR count). The van der Waals surface area contributed by atoms with Gasteiger partial charge in [0.15, 0.2) is 0 Å². The molecule has 2 aromatic rings. The van der Waals surface area contributed by atoms with Crippen molar-refractivity contribution in [3.8, 4) is 11.1 Å². The summed E-state index contributed by atoms with van der Waals surface area (Å²) in [4.78, 5) is 39.8. The van der Waals surface area contributed by atoms with Gasteiger partial charge >= 0.3 is 12.1 Å². The van der Waals surface area contributed by atoms with Crippen LogP contribution in [0.25, 0.3) is 11.1 Å². The lowest BCUT2D eigenvalue weighted by molar-refractivity contribution is -0.149. The zero-order valence-corrected chi connectivity index (χ0v) is 20.0. The third kappa shape index (κ3) is 4.07. The lowest BCUT2D eigenvalue weighted by atomic mass is 9.81. The Morgan fingerprint density at radius 1 is 1.11 bits per heavy atom. The van der Waals surface area contributed by atoms with Crippen LogP contribution >= 0.6 is 0 Å². The normalized spacial score (nSPS) is 23.3. The Kier molecular flexibility index (Phi) is 6.26. The van der Waals surface area contributed by atoms with E-state index in [0.717, 1.165) is 35.1 Å². The van der Waals surface area contributed by atoms with E-state index in [4.69, 9.17) is 4.74 Å². The van der Waals surface area contributed by atoms with Crippen molar-refractivity contribution >= 4 is 18.0 Å². The maximum Gasteiger partial charge on any atom is 0.407 e. The Hall–Kier alpha value is -3.35. The first-order chi connectivity index (χ1) is 16.9. The molecule has 7 heteroatoms. The maximum atomic E-state index is 13.3. The van der Waals surface area contributed by atoms with E-state index < -0.39 is 23.5 Å². The first kappa shape index (κ1) is 23.4. The van der Waals surface area contributed by atoms with Crippen LogP contribution in [0.1, 0.15) is 56.1 Å². The predicted molar refractivity (Wildman–Crippen MR) is 131 cm³/mol. The number of carbonyl (C=O) groups is 3. The number of nitrogens with zero attached hydrogens (tertiary/aromatic N) is 1. The summed E-state index contributed by atoms with van der Waals surface area (Å²) >= 11 is 0. The Morgan fingerprint density at radius 2 is 1.77 bits per heavy atom. The van der Waals surface area contributed by atoms with Crippen molar-refractivity contribution in [1.29, 1.82) is 0 Å². The van der Waals surface area contributed by atoms with Gasteiger partial charge in [-0.25, -0.2) is 4.79 Å². The van der Waals surface area contributed by atoms with Gasteiger partial charge in [0, 0.05) is 19.0 Å². The molecule has 1 saturated heterocycles. The van der Waals surface area contributed by atoms with Crippen LogP contribution in [0.5, 0.6) is 0 Å². The van der Waals surface area contributed by atoms with Crippen LogP contribution in [0, 0.1) is 11.3 Å². The smallest absolute Gasteiger partial charge is 0.407 e. The molecule has 2 aromatic carbocycles. The maximum absolute atomic E-state index is 13.3. The number of carboxylic acids is 1. The molecule has 7 nitrogen and oxygen atoms in total. The first-order valence-electron chi connectivity index (χ1n) is 12.6. The molecule has 3 aliphatic rings. The summed E-state index contributed by atoms with van der Waals surface area (Å²) in [5, 5.41) is 12.6. The van der Waals surface area contributed by atoms with Crippen molar-refractivity contribution in [2.75, 3.05) is 19.7 Å². The number of benzene rings is 2. The number of fused-ring (bicyclic) bond motifs is 4. The largest absolute Gasteiger partial charge is 0.481 e. The number of aliphatic carboxylic acids is 1. The van der Waals surface area contributed by atoms with Gasteiger partial charge in [-0.2, -0.15) is 0 Å².